The number of benzene rings is 1. The minimum absolute atomic E-state index is 0. The molecule has 0 aliphatic carbocycles. The molecule has 128 valence electrons. The highest BCUT2D eigenvalue weighted by Gasteiger charge is 2.17. The van der Waals surface area contributed by atoms with Crippen molar-refractivity contribution in [2.75, 3.05) is 0 Å². The minimum Gasteiger partial charge on any atom is -0.322 e. The van der Waals surface area contributed by atoms with Gasteiger partial charge in [-0.3, -0.25) is 0 Å². The van der Waals surface area contributed by atoms with Gasteiger partial charge >= 0.3 is 0 Å². The third-order valence-corrected chi connectivity index (χ3v) is 4.26. The van der Waals surface area contributed by atoms with Gasteiger partial charge in [0.1, 0.15) is 0 Å². The summed E-state index contributed by atoms with van der Waals surface area (Å²) in [7, 11) is 0. The molecule has 0 atom stereocenters. The Morgan fingerprint density at radius 3 is 1.86 bits per heavy atom. The van der Waals surface area contributed by atoms with Gasteiger partial charge in [0.05, 0.1) is 0 Å². The summed E-state index contributed by atoms with van der Waals surface area (Å²) >= 11 is 0. The van der Waals surface area contributed by atoms with Crippen LogP contribution in [-0.2, 0) is 12.0 Å². The molecule has 1 aromatic rings. The molecule has 0 saturated carbocycles. The molecular weight excluding hydrogens is 334 g/mol. The van der Waals surface area contributed by atoms with Gasteiger partial charge in [0.25, 0.3) is 0 Å². The number of hydrogen-bond donors (Lipinski definition) is 1. The largest absolute Gasteiger partial charge is 0.322 e. The maximum atomic E-state index is 6.27. The van der Waals surface area contributed by atoms with Gasteiger partial charge in [0.15, 0.2) is 0 Å². The van der Waals surface area contributed by atoms with E-state index in [1.54, 1.807) is 0 Å². The van der Waals surface area contributed by atoms with Crippen LogP contribution < -0.4 is 5.73 Å². The molecule has 0 spiro atoms. The highest BCUT2D eigenvalue weighted by molar-refractivity contribution is 8.93. The topological polar surface area (TPSA) is 26.0 Å². The first kappa shape index (κ1) is 21.7. The number of unbranched alkanes of at least 4 members (excludes halogenated alkanes) is 8. The first-order valence-electron chi connectivity index (χ1n) is 8.93. The smallest absolute Gasteiger partial charge is 0.0355 e. The van der Waals surface area contributed by atoms with Crippen molar-refractivity contribution in [2.45, 2.75) is 90.5 Å². The molecule has 0 bridgehead atoms. The van der Waals surface area contributed by atoms with Crippen LogP contribution in [0.15, 0.2) is 24.3 Å². The molecule has 0 radical (unpaired) electrons. The van der Waals surface area contributed by atoms with Crippen LogP contribution in [0.4, 0.5) is 0 Å². The Labute approximate surface area is 148 Å². The second-order valence-electron chi connectivity index (χ2n) is 6.96. The van der Waals surface area contributed by atoms with Gasteiger partial charge < -0.3 is 5.73 Å². The zero-order valence-electron chi connectivity index (χ0n) is 14.9. The first-order chi connectivity index (χ1) is 10.1. The van der Waals surface area contributed by atoms with Crippen molar-refractivity contribution >= 4 is 17.0 Å². The average molecular weight is 370 g/mol. The van der Waals surface area contributed by atoms with Crippen LogP contribution in [0.2, 0.25) is 0 Å². The highest BCUT2D eigenvalue weighted by atomic mass is 79.9. The van der Waals surface area contributed by atoms with Crippen LogP contribution in [0.1, 0.15) is 89.7 Å². The van der Waals surface area contributed by atoms with E-state index >= 15 is 0 Å². The summed E-state index contributed by atoms with van der Waals surface area (Å²) in [4.78, 5) is 0. The SMILES string of the molecule is Br.CCCCCCCCCCCc1ccccc1C(C)(C)N. The molecule has 0 heterocycles. The number of aryl methyl sites for hydroxylation is 1. The van der Waals surface area contributed by atoms with E-state index < -0.39 is 0 Å². The Balaban J connectivity index is 0.00000441. The summed E-state index contributed by atoms with van der Waals surface area (Å²) in [6, 6.07) is 8.67. The van der Waals surface area contributed by atoms with Crippen LogP contribution in [0, 0.1) is 0 Å². The Kier molecular flexibility index (Phi) is 11.9. The van der Waals surface area contributed by atoms with Crippen LogP contribution >= 0.6 is 17.0 Å². The maximum Gasteiger partial charge on any atom is 0.0355 e. The number of halogens is 1. The van der Waals surface area contributed by atoms with Gasteiger partial charge in [-0.2, -0.15) is 0 Å². The normalized spacial score (nSPS) is 11.3. The lowest BCUT2D eigenvalue weighted by atomic mass is 9.89. The third-order valence-electron chi connectivity index (χ3n) is 4.26. The lowest BCUT2D eigenvalue weighted by Gasteiger charge is -2.23. The minimum atomic E-state index is -0.226. The quantitative estimate of drug-likeness (QED) is 0.440. The predicted molar refractivity (Wildman–Crippen MR) is 105 cm³/mol. The monoisotopic (exact) mass is 369 g/mol. The fourth-order valence-electron chi connectivity index (χ4n) is 2.99. The van der Waals surface area contributed by atoms with E-state index in [1.165, 1.54) is 75.3 Å². The molecule has 0 amide bonds. The van der Waals surface area contributed by atoms with Gasteiger partial charge in [-0.25, -0.2) is 0 Å². The molecule has 0 unspecified atom stereocenters. The van der Waals surface area contributed by atoms with E-state index in [9.17, 15) is 0 Å². The van der Waals surface area contributed by atoms with E-state index in [-0.39, 0.29) is 22.5 Å². The fraction of sp³-hybridized carbons (Fsp3) is 0.700. The molecule has 0 fully saturated rings. The highest BCUT2D eigenvalue weighted by Crippen LogP contribution is 2.23. The van der Waals surface area contributed by atoms with Gasteiger partial charge in [0.2, 0.25) is 0 Å². The van der Waals surface area contributed by atoms with E-state index in [0.29, 0.717) is 0 Å². The van der Waals surface area contributed by atoms with Crippen LogP contribution in [0.3, 0.4) is 0 Å². The van der Waals surface area contributed by atoms with Crippen molar-refractivity contribution in [3.8, 4) is 0 Å². The first-order valence-corrected chi connectivity index (χ1v) is 8.93. The molecule has 2 heteroatoms. The summed E-state index contributed by atoms with van der Waals surface area (Å²) in [5.41, 5.74) is 8.79. The van der Waals surface area contributed by atoms with Crippen LogP contribution in [0.5, 0.6) is 0 Å². The van der Waals surface area contributed by atoms with Crippen molar-refractivity contribution in [3.05, 3.63) is 35.4 Å². The zero-order valence-corrected chi connectivity index (χ0v) is 16.6. The molecule has 0 aliphatic heterocycles. The molecular formula is C20H36BrN. The standard InChI is InChI=1S/C20H35N.BrH/c1-4-5-6-7-8-9-10-11-12-15-18-16-13-14-17-19(18)20(2,3)21;/h13-14,16-17H,4-12,15,21H2,1-3H3;1H. The van der Waals surface area contributed by atoms with Crippen LogP contribution in [0.25, 0.3) is 0 Å². The van der Waals surface area contributed by atoms with Crippen molar-refractivity contribution in [3.63, 3.8) is 0 Å². The van der Waals surface area contributed by atoms with Crippen molar-refractivity contribution in [1.29, 1.82) is 0 Å². The maximum absolute atomic E-state index is 6.27. The van der Waals surface area contributed by atoms with E-state index in [0.717, 1.165) is 0 Å². The third kappa shape index (κ3) is 8.95. The van der Waals surface area contributed by atoms with Gasteiger partial charge in [-0.1, -0.05) is 82.6 Å². The molecule has 1 nitrogen and oxygen atoms in total. The Morgan fingerprint density at radius 1 is 0.818 bits per heavy atom. The molecule has 0 aromatic heterocycles. The van der Waals surface area contributed by atoms with E-state index in [1.807, 2.05) is 0 Å². The molecule has 22 heavy (non-hydrogen) atoms. The van der Waals surface area contributed by atoms with Gasteiger partial charge in [0, 0.05) is 5.54 Å². The molecule has 1 aromatic carbocycles. The van der Waals surface area contributed by atoms with Gasteiger partial charge in [-0.05, 0) is 37.8 Å². The summed E-state index contributed by atoms with van der Waals surface area (Å²) in [6.07, 6.45) is 13.7. The van der Waals surface area contributed by atoms with Crippen molar-refractivity contribution < 1.29 is 0 Å². The summed E-state index contributed by atoms with van der Waals surface area (Å²) in [6.45, 7) is 6.48. The fourth-order valence-corrected chi connectivity index (χ4v) is 2.99. The van der Waals surface area contributed by atoms with Crippen molar-refractivity contribution in [1.82, 2.24) is 0 Å². The molecule has 0 aliphatic rings. The Morgan fingerprint density at radius 2 is 1.32 bits per heavy atom. The summed E-state index contributed by atoms with van der Waals surface area (Å²) in [5.74, 6) is 0. The van der Waals surface area contributed by atoms with E-state index in [2.05, 4.69) is 45.0 Å². The Bertz CT molecular complexity index is 382. The number of nitrogens with two attached hydrogens (primary N) is 1. The second-order valence-corrected chi connectivity index (χ2v) is 6.96. The predicted octanol–water partition coefficient (Wildman–Crippen LogP) is 6.53. The second kappa shape index (κ2) is 12.1. The lowest BCUT2D eigenvalue weighted by Crippen LogP contribution is -2.30. The van der Waals surface area contributed by atoms with Crippen LogP contribution in [-0.4, -0.2) is 0 Å². The summed E-state index contributed by atoms with van der Waals surface area (Å²) < 4.78 is 0. The number of hydrogen-bond acceptors (Lipinski definition) is 1. The lowest BCUT2D eigenvalue weighted by molar-refractivity contribution is 0.539. The molecule has 2 N–H and O–H groups in total. The molecule has 1 rings (SSSR count). The average Bonchev–Trinajstić information content (AvgIpc) is 2.45. The summed E-state index contributed by atoms with van der Waals surface area (Å²) in [5, 5.41) is 0. The zero-order chi connectivity index (χ0) is 15.6. The van der Waals surface area contributed by atoms with E-state index in [4.69, 9.17) is 5.73 Å². The Hall–Kier alpha value is -0.340. The van der Waals surface area contributed by atoms with Crippen molar-refractivity contribution in [2.24, 2.45) is 5.73 Å². The number of rotatable bonds is 11. The molecule has 0 saturated heterocycles. The van der Waals surface area contributed by atoms with Gasteiger partial charge in [-0.15, -0.1) is 17.0 Å².